The average molecular weight is 224 g/mol. The van der Waals surface area contributed by atoms with Gasteiger partial charge in [0, 0.05) is 24.5 Å². The summed E-state index contributed by atoms with van der Waals surface area (Å²) in [5.41, 5.74) is 2.46. The van der Waals surface area contributed by atoms with E-state index in [2.05, 4.69) is 51.5 Å². The normalized spacial score (nSPS) is 13.1. The van der Waals surface area contributed by atoms with Crippen LogP contribution in [0.4, 0.5) is 0 Å². The highest BCUT2D eigenvalue weighted by atomic mass is 14.9. The number of hydrogen-bond donors (Lipinski definition) is 2. The molecule has 0 fully saturated rings. The van der Waals surface area contributed by atoms with E-state index in [1.807, 2.05) is 7.05 Å². The molecule has 0 aromatic carbocycles. The van der Waals surface area contributed by atoms with E-state index in [-0.39, 0.29) is 5.41 Å². The lowest BCUT2D eigenvalue weighted by Crippen LogP contribution is -2.39. The SMILES string of the molecule is C=C(CCC(NC(=C)CC)C(C)(C)C)NC. The van der Waals surface area contributed by atoms with Crippen LogP contribution in [0.25, 0.3) is 0 Å². The van der Waals surface area contributed by atoms with Gasteiger partial charge in [-0.15, -0.1) is 0 Å². The minimum absolute atomic E-state index is 0.242. The van der Waals surface area contributed by atoms with Crippen molar-refractivity contribution in [3.63, 3.8) is 0 Å². The maximum Gasteiger partial charge on any atom is 0.0310 e. The van der Waals surface area contributed by atoms with Crippen molar-refractivity contribution in [1.82, 2.24) is 10.6 Å². The van der Waals surface area contributed by atoms with Crippen molar-refractivity contribution in [2.24, 2.45) is 5.41 Å². The quantitative estimate of drug-likeness (QED) is 0.692. The molecular weight excluding hydrogens is 196 g/mol. The summed E-state index contributed by atoms with van der Waals surface area (Å²) >= 11 is 0. The van der Waals surface area contributed by atoms with Crippen LogP contribution >= 0.6 is 0 Å². The minimum atomic E-state index is 0.242. The number of nitrogens with one attached hydrogen (secondary N) is 2. The number of hydrogen-bond acceptors (Lipinski definition) is 2. The summed E-state index contributed by atoms with van der Waals surface area (Å²) in [7, 11) is 1.92. The van der Waals surface area contributed by atoms with Gasteiger partial charge in [0.1, 0.15) is 0 Å². The Morgan fingerprint density at radius 1 is 1.19 bits per heavy atom. The molecule has 0 aliphatic rings. The highest BCUT2D eigenvalue weighted by molar-refractivity contribution is 4.98. The summed E-state index contributed by atoms with van der Waals surface area (Å²) in [6.07, 6.45) is 3.07. The Kier molecular flexibility index (Phi) is 6.24. The molecule has 0 aliphatic carbocycles. The van der Waals surface area contributed by atoms with E-state index in [9.17, 15) is 0 Å². The Hall–Kier alpha value is -0.920. The van der Waals surface area contributed by atoms with Gasteiger partial charge < -0.3 is 10.6 Å². The van der Waals surface area contributed by atoms with Crippen LogP contribution in [0.1, 0.15) is 47.0 Å². The molecule has 0 aliphatic heterocycles. The molecule has 2 N–H and O–H groups in total. The Morgan fingerprint density at radius 3 is 2.12 bits per heavy atom. The van der Waals surface area contributed by atoms with E-state index in [4.69, 9.17) is 0 Å². The third-order valence-electron chi connectivity index (χ3n) is 2.94. The van der Waals surface area contributed by atoms with Crippen molar-refractivity contribution in [2.75, 3.05) is 7.05 Å². The van der Waals surface area contributed by atoms with Crippen LogP contribution in [0.2, 0.25) is 0 Å². The van der Waals surface area contributed by atoms with Crippen LogP contribution < -0.4 is 10.6 Å². The van der Waals surface area contributed by atoms with E-state index < -0.39 is 0 Å². The predicted molar refractivity (Wildman–Crippen MR) is 73.2 cm³/mol. The van der Waals surface area contributed by atoms with Crippen LogP contribution in [0, 0.1) is 5.41 Å². The Labute approximate surface area is 101 Å². The average Bonchev–Trinajstić information content (AvgIpc) is 2.21. The van der Waals surface area contributed by atoms with Gasteiger partial charge >= 0.3 is 0 Å². The first kappa shape index (κ1) is 15.1. The molecule has 0 heterocycles. The van der Waals surface area contributed by atoms with Gasteiger partial charge in [-0.2, -0.15) is 0 Å². The third-order valence-corrected chi connectivity index (χ3v) is 2.94. The van der Waals surface area contributed by atoms with E-state index in [1.165, 1.54) is 0 Å². The Balaban J connectivity index is 4.33. The van der Waals surface area contributed by atoms with Gasteiger partial charge in [-0.05, 0) is 24.7 Å². The molecular formula is C14H28N2. The molecule has 0 amide bonds. The monoisotopic (exact) mass is 224 g/mol. The molecule has 0 aromatic rings. The molecule has 2 nitrogen and oxygen atoms in total. The van der Waals surface area contributed by atoms with Crippen molar-refractivity contribution in [2.45, 2.75) is 53.0 Å². The molecule has 0 saturated carbocycles. The van der Waals surface area contributed by atoms with Crippen molar-refractivity contribution >= 4 is 0 Å². The molecule has 1 unspecified atom stereocenters. The van der Waals surface area contributed by atoms with Gasteiger partial charge in [0.05, 0.1) is 0 Å². The zero-order valence-corrected chi connectivity index (χ0v) is 11.6. The largest absolute Gasteiger partial charge is 0.392 e. The first-order valence-corrected chi connectivity index (χ1v) is 6.11. The van der Waals surface area contributed by atoms with E-state index in [1.54, 1.807) is 0 Å². The van der Waals surface area contributed by atoms with Gasteiger partial charge in [0.25, 0.3) is 0 Å². The zero-order valence-electron chi connectivity index (χ0n) is 11.6. The topological polar surface area (TPSA) is 24.1 Å². The first-order valence-electron chi connectivity index (χ1n) is 6.11. The maximum atomic E-state index is 4.02. The van der Waals surface area contributed by atoms with Gasteiger partial charge in [0.15, 0.2) is 0 Å². The molecule has 2 heteroatoms. The van der Waals surface area contributed by atoms with E-state index >= 15 is 0 Å². The lowest BCUT2D eigenvalue weighted by molar-refractivity contribution is 0.268. The molecule has 0 radical (unpaired) electrons. The van der Waals surface area contributed by atoms with Gasteiger partial charge in [-0.25, -0.2) is 0 Å². The van der Waals surface area contributed by atoms with Gasteiger partial charge in [-0.3, -0.25) is 0 Å². The summed E-state index contributed by atoms with van der Waals surface area (Å²) in [6.45, 7) is 16.9. The molecule has 1 atom stereocenters. The summed E-state index contributed by atoms with van der Waals surface area (Å²) in [5, 5.41) is 6.62. The molecule has 0 spiro atoms. The van der Waals surface area contributed by atoms with Crippen molar-refractivity contribution in [3.05, 3.63) is 24.6 Å². The minimum Gasteiger partial charge on any atom is -0.392 e. The fraction of sp³-hybridized carbons (Fsp3) is 0.714. The smallest absolute Gasteiger partial charge is 0.0310 e. The second-order valence-corrected chi connectivity index (χ2v) is 5.41. The lowest BCUT2D eigenvalue weighted by Gasteiger charge is -2.33. The summed E-state index contributed by atoms with van der Waals surface area (Å²) in [5.74, 6) is 0. The first-order chi connectivity index (χ1) is 7.31. The van der Waals surface area contributed by atoms with Crippen molar-refractivity contribution < 1.29 is 0 Å². The van der Waals surface area contributed by atoms with Crippen LogP contribution in [0.15, 0.2) is 24.6 Å². The Morgan fingerprint density at radius 2 is 1.75 bits per heavy atom. The van der Waals surface area contributed by atoms with E-state index in [0.29, 0.717) is 6.04 Å². The highest BCUT2D eigenvalue weighted by Crippen LogP contribution is 2.24. The molecule has 16 heavy (non-hydrogen) atoms. The summed E-state index contributed by atoms with van der Waals surface area (Å²) < 4.78 is 0. The summed E-state index contributed by atoms with van der Waals surface area (Å²) in [4.78, 5) is 0. The molecule has 0 rings (SSSR count). The standard InChI is InChI=1S/C14H28N2/c1-8-11(2)16-13(14(4,5)6)10-9-12(3)15-7/h13,15-16H,2-3,8-10H2,1,4-7H3. The van der Waals surface area contributed by atoms with Crippen LogP contribution in [0.3, 0.4) is 0 Å². The fourth-order valence-corrected chi connectivity index (χ4v) is 1.51. The van der Waals surface area contributed by atoms with Crippen LogP contribution in [0.5, 0.6) is 0 Å². The van der Waals surface area contributed by atoms with E-state index in [0.717, 1.165) is 30.7 Å². The second kappa shape index (κ2) is 6.62. The fourth-order valence-electron chi connectivity index (χ4n) is 1.51. The number of allylic oxidation sites excluding steroid dienone is 2. The number of rotatable bonds is 7. The zero-order chi connectivity index (χ0) is 12.8. The third kappa shape index (κ3) is 5.84. The maximum absolute atomic E-state index is 4.02. The Bertz CT molecular complexity index is 236. The van der Waals surface area contributed by atoms with Crippen LogP contribution in [-0.4, -0.2) is 13.1 Å². The van der Waals surface area contributed by atoms with Crippen LogP contribution in [-0.2, 0) is 0 Å². The molecule has 0 aromatic heterocycles. The second-order valence-electron chi connectivity index (χ2n) is 5.41. The predicted octanol–water partition coefficient (Wildman–Crippen LogP) is 3.43. The van der Waals surface area contributed by atoms with Crippen molar-refractivity contribution in [1.29, 1.82) is 0 Å². The molecule has 94 valence electrons. The summed E-state index contributed by atoms with van der Waals surface area (Å²) in [6, 6.07) is 0.449. The lowest BCUT2D eigenvalue weighted by atomic mass is 9.83. The highest BCUT2D eigenvalue weighted by Gasteiger charge is 2.24. The molecule has 0 saturated heterocycles. The van der Waals surface area contributed by atoms with Gasteiger partial charge in [0.2, 0.25) is 0 Å². The van der Waals surface area contributed by atoms with Gasteiger partial charge in [-0.1, -0.05) is 40.9 Å². The molecule has 0 bridgehead atoms. The van der Waals surface area contributed by atoms with Crippen molar-refractivity contribution in [3.8, 4) is 0 Å².